The number of amides is 1. The molecule has 3 rings (SSSR count). The summed E-state index contributed by atoms with van der Waals surface area (Å²) in [5.74, 6) is 0.210. The molecule has 0 fully saturated rings. The monoisotopic (exact) mass is 438 g/mol. The third-order valence-corrected chi connectivity index (χ3v) is 5.06. The molecule has 3 aromatic rings. The van der Waals surface area contributed by atoms with Crippen molar-refractivity contribution in [3.8, 4) is 17.2 Å². The molecule has 1 aromatic heterocycles. The van der Waals surface area contributed by atoms with Crippen LogP contribution >= 0.6 is 0 Å². The molecule has 32 heavy (non-hydrogen) atoms. The molecule has 0 aliphatic rings. The lowest BCUT2D eigenvalue weighted by molar-refractivity contribution is 0.0929. The first-order chi connectivity index (χ1) is 15.4. The lowest BCUT2D eigenvalue weighted by atomic mass is 10.2. The average Bonchev–Trinajstić information content (AvgIpc) is 2.81. The first-order valence-corrected chi connectivity index (χ1v) is 10.2. The van der Waals surface area contributed by atoms with Gasteiger partial charge in [0.25, 0.3) is 11.5 Å². The minimum absolute atomic E-state index is 0.00206. The quantitative estimate of drug-likeness (QED) is 0.577. The second-order valence-corrected chi connectivity index (χ2v) is 7.24. The van der Waals surface area contributed by atoms with Crippen LogP contribution < -0.4 is 26.0 Å². The molecule has 1 N–H and O–H groups in total. The van der Waals surface area contributed by atoms with Gasteiger partial charge in [-0.3, -0.25) is 14.2 Å². The number of nitrogens with zero attached hydrogens (tertiary/aromatic N) is 3. The number of benzene rings is 2. The van der Waals surface area contributed by atoms with Crippen LogP contribution in [0.1, 0.15) is 36.3 Å². The van der Waals surface area contributed by atoms with E-state index in [9.17, 15) is 14.4 Å². The SMILES string of the molecule is CCC(C)NC(=O)c1nn(-c2ccc(OC)c(OC)c2)c(=O)n(Cc2ccccc2)c1=O. The van der Waals surface area contributed by atoms with E-state index in [1.54, 1.807) is 30.3 Å². The molecule has 9 heteroatoms. The zero-order chi connectivity index (χ0) is 23.3. The minimum Gasteiger partial charge on any atom is -0.493 e. The molecule has 0 spiro atoms. The summed E-state index contributed by atoms with van der Waals surface area (Å²) in [6.45, 7) is 3.74. The molecule has 1 heterocycles. The first-order valence-electron chi connectivity index (χ1n) is 10.2. The van der Waals surface area contributed by atoms with Gasteiger partial charge in [-0.2, -0.15) is 9.78 Å². The Morgan fingerprint density at radius 1 is 1.06 bits per heavy atom. The van der Waals surface area contributed by atoms with Crippen LogP contribution in [-0.2, 0) is 6.54 Å². The summed E-state index contributed by atoms with van der Waals surface area (Å²) in [4.78, 5) is 39.2. The summed E-state index contributed by atoms with van der Waals surface area (Å²) in [7, 11) is 2.97. The van der Waals surface area contributed by atoms with Gasteiger partial charge in [-0.25, -0.2) is 4.79 Å². The van der Waals surface area contributed by atoms with Crippen molar-refractivity contribution in [2.24, 2.45) is 0 Å². The molecule has 0 aliphatic heterocycles. The number of carbonyl (C=O) groups is 1. The van der Waals surface area contributed by atoms with Crippen LogP contribution in [0, 0.1) is 0 Å². The fourth-order valence-electron chi connectivity index (χ4n) is 3.08. The van der Waals surface area contributed by atoms with E-state index >= 15 is 0 Å². The molecule has 0 bridgehead atoms. The van der Waals surface area contributed by atoms with E-state index in [4.69, 9.17) is 9.47 Å². The lowest BCUT2D eigenvalue weighted by Crippen LogP contribution is -2.47. The summed E-state index contributed by atoms with van der Waals surface area (Å²) < 4.78 is 12.6. The Hall–Kier alpha value is -3.88. The van der Waals surface area contributed by atoms with E-state index in [1.165, 1.54) is 14.2 Å². The molecule has 1 amide bonds. The summed E-state index contributed by atoms with van der Waals surface area (Å²) in [6.07, 6.45) is 0.680. The molecular weight excluding hydrogens is 412 g/mol. The van der Waals surface area contributed by atoms with Gasteiger partial charge in [-0.1, -0.05) is 37.3 Å². The van der Waals surface area contributed by atoms with Crippen molar-refractivity contribution in [2.45, 2.75) is 32.9 Å². The molecule has 2 aromatic carbocycles. The average molecular weight is 438 g/mol. The van der Waals surface area contributed by atoms with Gasteiger partial charge in [0, 0.05) is 12.1 Å². The third-order valence-electron chi connectivity index (χ3n) is 5.06. The van der Waals surface area contributed by atoms with Crippen LogP contribution in [0.2, 0.25) is 0 Å². The molecule has 0 saturated heterocycles. The predicted molar refractivity (Wildman–Crippen MR) is 120 cm³/mol. The lowest BCUT2D eigenvalue weighted by Gasteiger charge is -2.15. The molecule has 9 nitrogen and oxygen atoms in total. The second-order valence-electron chi connectivity index (χ2n) is 7.24. The number of hydrogen-bond donors (Lipinski definition) is 1. The number of ether oxygens (including phenoxy) is 2. The number of hydrogen-bond acceptors (Lipinski definition) is 6. The van der Waals surface area contributed by atoms with Crippen molar-refractivity contribution in [1.82, 2.24) is 19.7 Å². The van der Waals surface area contributed by atoms with E-state index in [-0.39, 0.29) is 18.3 Å². The zero-order valence-corrected chi connectivity index (χ0v) is 18.5. The fourth-order valence-corrected chi connectivity index (χ4v) is 3.08. The van der Waals surface area contributed by atoms with Crippen LogP contribution in [0.25, 0.3) is 5.69 Å². The highest BCUT2D eigenvalue weighted by Gasteiger charge is 2.22. The molecule has 168 valence electrons. The highest BCUT2D eigenvalue weighted by atomic mass is 16.5. The maximum atomic E-state index is 13.3. The summed E-state index contributed by atoms with van der Waals surface area (Å²) in [6, 6.07) is 13.7. The van der Waals surface area contributed by atoms with Gasteiger partial charge in [0.1, 0.15) is 0 Å². The van der Waals surface area contributed by atoms with Gasteiger partial charge in [0.2, 0.25) is 5.69 Å². The molecule has 1 atom stereocenters. The van der Waals surface area contributed by atoms with Gasteiger partial charge in [0.05, 0.1) is 26.5 Å². The molecule has 0 aliphatic carbocycles. The molecule has 0 radical (unpaired) electrons. The van der Waals surface area contributed by atoms with E-state index in [2.05, 4.69) is 10.4 Å². The topological polar surface area (TPSA) is 104 Å². The number of rotatable bonds is 8. The minimum atomic E-state index is -0.753. The Morgan fingerprint density at radius 2 is 1.75 bits per heavy atom. The van der Waals surface area contributed by atoms with Crippen molar-refractivity contribution in [3.05, 3.63) is 80.6 Å². The van der Waals surface area contributed by atoms with Gasteiger partial charge < -0.3 is 14.8 Å². The number of nitrogens with one attached hydrogen (secondary N) is 1. The van der Waals surface area contributed by atoms with E-state index in [0.29, 0.717) is 23.6 Å². The Balaban J connectivity index is 2.21. The van der Waals surface area contributed by atoms with Crippen LogP contribution in [0.15, 0.2) is 58.1 Å². The maximum Gasteiger partial charge on any atom is 0.352 e. The summed E-state index contributed by atoms with van der Waals surface area (Å²) >= 11 is 0. The smallest absolute Gasteiger partial charge is 0.352 e. The Kier molecular flexibility index (Phi) is 7.09. The van der Waals surface area contributed by atoms with Gasteiger partial charge in [-0.05, 0) is 31.0 Å². The van der Waals surface area contributed by atoms with Crippen LogP contribution in [-0.4, -0.2) is 40.5 Å². The molecule has 1 unspecified atom stereocenters. The predicted octanol–water partition coefficient (Wildman–Crippen LogP) is 1.99. The Morgan fingerprint density at radius 3 is 2.38 bits per heavy atom. The van der Waals surface area contributed by atoms with Crippen molar-refractivity contribution in [2.75, 3.05) is 14.2 Å². The number of methoxy groups -OCH3 is 2. The van der Waals surface area contributed by atoms with Crippen LogP contribution in [0.3, 0.4) is 0 Å². The van der Waals surface area contributed by atoms with Gasteiger partial charge >= 0.3 is 5.69 Å². The molecular formula is C23H26N4O5. The molecule has 0 saturated carbocycles. The maximum absolute atomic E-state index is 13.3. The van der Waals surface area contributed by atoms with E-state index in [0.717, 1.165) is 14.8 Å². The standard InChI is InChI=1S/C23H26N4O5/c1-5-15(2)24-21(28)20-22(29)26(14-16-9-7-6-8-10-16)23(30)27(25-20)17-11-12-18(31-3)19(13-17)32-4/h6-13,15H,5,14H2,1-4H3,(H,24,28). The number of carbonyl (C=O) groups excluding carboxylic acids is 1. The Labute approximate surface area is 185 Å². The van der Waals surface area contributed by atoms with Crippen molar-refractivity contribution in [3.63, 3.8) is 0 Å². The summed E-state index contributed by atoms with van der Waals surface area (Å²) in [5, 5.41) is 6.87. The van der Waals surface area contributed by atoms with Crippen molar-refractivity contribution >= 4 is 5.91 Å². The highest BCUT2D eigenvalue weighted by Crippen LogP contribution is 2.28. The van der Waals surface area contributed by atoms with Gasteiger partial charge in [-0.15, -0.1) is 0 Å². The van der Waals surface area contributed by atoms with E-state index in [1.807, 2.05) is 32.0 Å². The van der Waals surface area contributed by atoms with Crippen molar-refractivity contribution < 1.29 is 14.3 Å². The first kappa shape index (κ1) is 22.8. The normalized spacial score (nSPS) is 11.6. The second kappa shape index (κ2) is 9.95. The number of aromatic nitrogens is 3. The fraction of sp³-hybridized carbons (Fsp3) is 0.304. The van der Waals surface area contributed by atoms with Crippen molar-refractivity contribution in [1.29, 1.82) is 0 Å². The third kappa shape index (κ3) is 4.72. The van der Waals surface area contributed by atoms with Crippen LogP contribution in [0.4, 0.5) is 0 Å². The zero-order valence-electron chi connectivity index (χ0n) is 18.5. The largest absolute Gasteiger partial charge is 0.493 e. The van der Waals surface area contributed by atoms with Crippen LogP contribution in [0.5, 0.6) is 11.5 Å². The highest BCUT2D eigenvalue weighted by molar-refractivity contribution is 5.91. The van der Waals surface area contributed by atoms with E-state index < -0.39 is 17.2 Å². The summed E-state index contributed by atoms with van der Waals surface area (Å²) in [5.41, 5.74) is -0.727. The van der Waals surface area contributed by atoms with Gasteiger partial charge in [0.15, 0.2) is 11.5 Å². The Bertz CT molecular complexity index is 1220.